The number of aliphatic hydroxyl groups excluding tert-OH is 1. The summed E-state index contributed by atoms with van der Waals surface area (Å²) in [7, 11) is -7.20. The minimum absolute atomic E-state index is 0.304. The van der Waals surface area contributed by atoms with Crippen LogP contribution in [-0.4, -0.2) is 44.8 Å². The molecule has 0 bridgehead atoms. The highest BCUT2D eigenvalue weighted by Crippen LogP contribution is 2.23. The summed E-state index contributed by atoms with van der Waals surface area (Å²) in [4.78, 5) is 0. The molecule has 0 amide bonds. The number of hydrogen-bond acceptors (Lipinski definition) is 5. The summed E-state index contributed by atoms with van der Waals surface area (Å²) in [6.07, 6.45) is -1.35. The Kier molecular flexibility index (Phi) is 3.92. The maximum absolute atomic E-state index is 12.1. The average Bonchev–Trinajstić information content (AvgIpc) is 2.56. The highest BCUT2D eigenvalue weighted by Gasteiger charge is 2.44. The molecule has 19 heavy (non-hydrogen) atoms. The van der Waals surface area contributed by atoms with Gasteiger partial charge in [0.2, 0.25) is 0 Å². The molecule has 1 N–H and O–H groups in total. The fourth-order valence-electron chi connectivity index (χ4n) is 2.06. The Morgan fingerprint density at radius 3 is 2.26 bits per heavy atom. The van der Waals surface area contributed by atoms with Gasteiger partial charge in [-0.1, -0.05) is 23.7 Å². The van der Waals surface area contributed by atoms with Crippen molar-refractivity contribution in [2.24, 2.45) is 0 Å². The van der Waals surface area contributed by atoms with Gasteiger partial charge >= 0.3 is 0 Å². The molecule has 1 heterocycles. The van der Waals surface area contributed by atoms with Crippen LogP contribution in [0.4, 0.5) is 0 Å². The molecule has 0 spiro atoms. The zero-order valence-corrected chi connectivity index (χ0v) is 12.2. The lowest BCUT2D eigenvalue weighted by Crippen LogP contribution is -2.33. The van der Waals surface area contributed by atoms with Crippen molar-refractivity contribution in [3.63, 3.8) is 0 Å². The zero-order valence-electron chi connectivity index (χ0n) is 9.86. The van der Waals surface area contributed by atoms with Crippen molar-refractivity contribution in [2.45, 2.75) is 17.1 Å². The van der Waals surface area contributed by atoms with Crippen LogP contribution in [-0.2, 0) is 25.4 Å². The van der Waals surface area contributed by atoms with Gasteiger partial charge in [-0.15, -0.1) is 0 Å². The molecule has 1 aliphatic heterocycles. The third-order valence-corrected chi connectivity index (χ3v) is 7.33. The summed E-state index contributed by atoms with van der Waals surface area (Å²) in [5.41, 5.74) is 0.515. The molecule has 1 fully saturated rings. The van der Waals surface area contributed by atoms with Crippen molar-refractivity contribution in [3.05, 3.63) is 34.9 Å². The van der Waals surface area contributed by atoms with Crippen LogP contribution in [0.25, 0.3) is 0 Å². The fraction of sp³-hybridized carbons (Fsp3) is 0.455. The summed E-state index contributed by atoms with van der Waals surface area (Å²) in [5, 5.41) is 8.85. The second kappa shape index (κ2) is 5.05. The monoisotopic (exact) mass is 324 g/mol. The van der Waals surface area contributed by atoms with Gasteiger partial charge in [0.25, 0.3) is 0 Å². The Morgan fingerprint density at radius 2 is 1.79 bits per heavy atom. The highest BCUT2D eigenvalue weighted by atomic mass is 35.5. The minimum Gasteiger partial charge on any atom is -0.391 e. The molecule has 106 valence electrons. The van der Waals surface area contributed by atoms with Crippen LogP contribution in [0.3, 0.4) is 0 Å². The van der Waals surface area contributed by atoms with Crippen molar-refractivity contribution < 1.29 is 21.9 Å². The number of benzene rings is 1. The van der Waals surface area contributed by atoms with Crippen LogP contribution in [0.2, 0.25) is 5.02 Å². The van der Waals surface area contributed by atoms with Crippen LogP contribution < -0.4 is 0 Å². The van der Waals surface area contributed by atoms with Gasteiger partial charge in [-0.3, -0.25) is 0 Å². The summed E-state index contributed by atoms with van der Waals surface area (Å²) < 4.78 is 47.0. The topological polar surface area (TPSA) is 88.5 Å². The molecule has 1 saturated heterocycles. The van der Waals surface area contributed by atoms with Crippen molar-refractivity contribution in [3.8, 4) is 0 Å². The molecule has 0 radical (unpaired) electrons. The van der Waals surface area contributed by atoms with E-state index < -0.39 is 42.5 Å². The summed E-state index contributed by atoms with van der Waals surface area (Å²) in [5.74, 6) is -1.30. The predicted octanol–water partition coefficient (Wildman–Crippen LogP) is 0.413. The molecule has 8 heteroatoms. The number of halogens is 1. The molecule has 2 atom stereocenters. The maximum atomic E-state index is 12.1. The van der Waals surface area contributed by atoms with E-state index in [1.165, 1.54) is 0 Å². The first-order chi connectivity index (χ1) is 8.70. The van der Waals surface area contributed by atoms with E-state index in [0.717, 1.165) is 0 Å². The molecule has 1 aliphatic rings. The Balaban J connectivity index is 2.22. The zero-order chi connectivity index (χ0) is 14.3. The van der Waals surface area contributed by atoms with Crippen LogP contribution >= 0.6 is 11.6 Å². The molecule has 1 aromatic carbocycles. The SMILES string of the molecule is O=S1(=O)C[C@@H](S(=O)(=O)Cc2ccc(Cl)cc2)[C@@H](O)C1. The third-order valence-electron chi connectivity index (χ3n) is 3.01. The smallest absolute Gasteiger partial charge is 0.160 e. The Hall–Kier alpha value is -0.630. The normalized spacial score (nSPS) is 26.4. The third kappa shape index (κ3) is 3.47. The summed E-state index contributed by atoms with van der Waals surface area (Å²) in [6.45, 7) is 0. The van der Waals surface area contributed by atoms with Crippen LogP contribution in [0.1, 0.15) is 5.56 Å². The summed E-state index contributed by atoms with van der Waals surface area (Å²) in [6, 6.07) is 6.26. The van der Waals surface area contributed by atoms with Gasteiger partial charge < -0.3 is 5.11 Å². The molecular formula is C11H13ClO5S2. The molecular weight excluding hydrogens is 312 g/mol. The molecule has 2 rings (SSSR count). The standard InChI is InChI=1S/C11H13ClO5S2/c12-9-3-1-8(2-4-9)5-19(16,17)11-7-18(14,15)6-10(11)13/h1-4,10-11,13H,5-7H2/t10-,11+/m0/s1. The first-order valence-electron chi connectivity index (χ1n) is 5.54. The Bertz CT molecular complexity index is 664. The first kappa shape index (κ1) is 14.8. The quantitative estimate of drug-likeness (QED) is 0.870. The lowest BCUT2D eigenvalue weighted by Gasteiger charge is -2.13. The molecule has 0 aliphatic carbocycles. The molecule has 1 aromatic rings. The van der Waals surface area contributed by atoms with E-state index in [9.17, 15) is 21.9 Å². The number of sulfone groups is 2. The highest BCUT2D eigenvalue weighted by molar-refractivity contribution is 7.96. The number of hydrogen-bond donors (Lipinski definition) is 1. The average molecular weight is 325 g/mol. The lowest BCUT2D eigenvalue weighted by atomic mass is 10.2. The summed E-state index contributed by atoms with van der Waals surface area (Å²) >= 11 is 5.70. The van der Waals surface area contributed by atoms with Gasteiger partial charge in [-0.2, -0.15) is 0 Å². The largest absolute Gasteiger partial charge is 0.391 e. The maximum Gasteiger partial charge on any atom is 0.160 e. The molecule has 0 saturated carbocycles. The second-order valence-electron chi connectivity index (χ2n) is 4.62. The number of aliphatic hydroxyl groups is 1. The van der Waals surface area contributed by atoms with Crippen molar-refractivity contribution in [1.82, 2.24) is 0 Å². The van der Waals surface area contributed by atoms with E-state index in [2.05, 4.69) is 0 Å². The van der Waals surface area contributed by atoms with E-state index in [1.54, 1.807) is 24.3 Å². The van der Waals surface area contributed by atoms with Crippen molar-refractivity contribution >= 4 is 31.3 Å². The van der Waals surface area contributed by atoms with E-state index in [0.29, 0.717) is 10.6 Å². The molecule has 5 nitrogen and oxygen atoms in total. The van der Waals surface area contributed by atoms with Gasteiger partial charge in [-0.05, 0) is 17.7 Å². The predicted molar refractivity (Wildman–Crippen MR) is 72.5 cm³/mol. The van der Waals surface area contributed by atoms with E-state index in [4.69, 9.17) is 11.6 Å². The molecule has 0 aromatic heterocycles. The lowest BCUT2D eigenvalue weighted by molar-refractivity contribution is 0.204. The second-order valence-corrected chi connectivity index (χ2v) is 9.43. The van der Waals surface area contributed by atoms with Crippen LogP contribution in [0, 0.1) is 0 Å². The van der Waals surface area contributed by atoms with Gasteiger partial charge in [0, 0.05) is 5.02 Å². The van der Waals surface area contributed by atoms with Gasteiger partial charge in [0.05, 0.1) is 23.4 Å². The minimum atomic E-state index is -3.72. The Morgan fingerprint density at radius 1 is 1.21 bits per heavy atom. The van der Waals surface area contributed by atoms with Crippen LogP contribution in [0.15, 0.2) is 24.3 Å². The number of rotatable bonds is 3. The molecule has 0 unspecified atom stereocenters. The van der Waals surface area contributed by atoms with Gasteiger partial charge in [-0.25, -0.2) is 16.8 Å². The van der Waals surface area contributed by atoms with E-state index >= 15 is 0 Å². The van der Waals surface area contributed by atoms with Crippen LogP contribution in [0.5, 0.6) is 0 Å². The fourth-order valence-corrected chi connectivity index (χ4v) is 6.82. The Labute approximate surface area is 117 Å². The first-order valence-corrected chi connectivity index (χ1v) is 9.46. The van der Waals surface area contributed by atoms with Gasteiger partial charge in [0.15, 0.2) is 19.7 Å². The van der Waals surface area contributed by atoms with Crippen molar-refractivity contribution in [2.75, 3.05) is 11.5 Å². The van der Waals surface area contributed by atoms with Gasteiger partial charge in [0.1, 0.15) is 5.25 Å². The van der Waals surface area contributed by atoms with Crippen molar-refractivity contribution in [1.29, 1.82) is 0 Å². The van der Waals surface area contributed by atoms with E-state index in [1.807, 2.05) is 0 Å². The van der Waals surface area contributed by atoms with E-state index in [-0.39, 0.29) is 5.75 Å².